The number of anilines is 3. The smallest absolute Gasteiger partial charge is 0.320 e. The fourth-order valence-electron chi connectivity index (χ4n) is 4.39. The Morgan fingerprint density at radius 1 is 1.13 bits per heavy atom. The molecule has 0 unspecified atom stereocenters. The maximum absolute atomic E-state index is 12.3. The Morgan fingerprint density at radius 3 is 2.68 bits per heavy atom. The van der Waals surface area contributed by atoms with Crippen molar-refractivity contribution in [1.29, 1.82) is 0 Å². The third kappa shape index (κ3) is 4.90. The summed E-state index contributed by atoms with van der Waals surface area (Å²) >= 11 is 0. The summed E-state index contributed by atoms with van der Waals surface area (Å²) in [6, 6.07) is 8.86. The van der Waals surface area contributed by atoms with Gasteiger partial charge in [0, 0.05) is 13.1 Å². The van der Waals surface area contributed by atoms with Gasteiger partial charge in [-0.05, 0) is 49.4 Å². The van der Waals surface area contributed by atoms with E-state index < -0.39 is 0 Å². The second-order valence-electron chi connectivity index (χ2n) is 8.88. The summed E-state index contributed by atoms with van der Waals surface area (Å²) in [5.74, 6) is 1.53. The maximum atomic E-state index is 12.3. The molecule has 1 saturated heterocycles. The van der Waals surface area contributed by atoms with Crippen molar-refractivity contribution in [3.8, 4) is 6.01 Å². The van der Waals surface area contributed by atoms with Crippen molar-refractivity contribution in [3.63, 3.8) is 0 Å². The number of ether oxygens (including phenoxy) is 1. The van der Waals surface area contributed by atoms with E-state index in [2.05, 4.69) is 44.5 Å². The quantitative estimate of drug-likeness (QED) is 0.675. The molecule has 2 fully saturated rings. The average Bonchev–Trinajstić information content (AvgIpc) is 3.43. The minimum Gasteiger partial charge on any atom is -0.463 e. The van der Waals surface area contributed by atoms with Crippen LogP contribution in [0.4, 0.5) is 17.3 Å². The van der Waals surface area contributed by atoms with Crippen molar-refractivity contribution in [2.24, 2.45) is 5.92 Å². The van der Waals surface area contributed by atoms with Gasteiger partial charge in [0.25, 0.3) is 0 Å². The third-order valence-corrected chi connectivity index (χ3v) is 6.22. The lowest BCUT2D eigenvalue weighted by Gasteiger charge is -2.30. The van der Waals surface area contributed by atoms with Gasteiger partial charge in [-0.2, -0.15) is 9.97 Å². The van der Waals surface area contributed by atoms with Crippen molar-refractivity contribution in [3.05, 3.63) is 35.4 Å². The predicted molar refractivity (Wildman–Crippen MR) is 120 cm³/mol. The number of hydrogen-bond donors (Lipinski definition) is 2. The summed E-state index contributed by atoms with van der Waals surface area (Å²) in [5, 5.41) is 2.82. The van der Waals surface area contributed by atoms with Crippen LogP contribution in [0.2, 0.25) is 0 Å². The lowest BCUT2D eigenvalue weighted by molar-refractivity contribution is -0.115. The normalized spacial score (nSPS) is 18.7. The molecule has 8 nitrogen and oxygen atoms in total. The van der Waals surface area contributed by atoms with Gasteiger partial charge in [0.15, 0.2) is 11.6 Å². The van der Waals surface area contributed by atoms with Crippen molar-refractivity contribution in [2.75, 3.05) is 42.2 Å². The molecule has 1 amide bonds. The zero-order valence-corrected chi connectivity index (χ0v) is 17.8. The molecule has 3 N–H and O–H groups in total. The minimum absolute atomic E-state index is 0.113. The molecule has 2 aromatic rings. The monoisotopic (exact) mass is 422 g/mol. The van der Waals surface area contributed by atoms with E-state index in [0.717, 1.165) is 24.4 Å². The summed E-state index contributed by atoms with van der Waals surface area (Å²) in [6.45, 7) is 4.70. The standard InChI is InChI=1S/C23H30N6O2/c24-21-20-22(27-23(26-21)31-11-8-16-6-7-16)29(15-19(30)25-20)14-18-5-3-4-17(12-18)13-28-9-1-2-10-28/h3-5,12,16H,1-2,6-11,13-15H2,(H,25,30)(H2,24,26,27). The number of nitrogens with zero attached hydrogens (tertiary/aromatic N) is 4. The number of carbonyl (C=O) groups is 1. The van der Waals surface area contributed by atoms with E-state index in [1.54, 1.807) is 0 Å². The van der Waals surface area contributed by atoms with Gasteiger partial charge in [0.05, 0.1) is 13.2 Å². The van der Waals surface area contributed by atoms with Crippen LogP contribution in [0.5, 0.6) is 6.01 Å². The minimum atomic E-state index is -0.113. The zero-order valence-electron chi connectivity index (χ0n) is 17.8. The Morgan fingerprint density at radius 2 is 1.90 bits per heavy atom. The topological polar surface area (TPSA) is 96.6 Å². The van der Waals surface area contributed by atoms with Crippen LogP contribution in [0.3, 0.4) is 0 Å². The molecule has 8 heteroatoms. The number of benzene rings is 1. The van der Waals surface area contributed by atoms with E-state index in [1.165, 1.54) is 44.3 Å². The second kappa shape index (κ2) is 8.70. The van der Waals surface area contributed by atoms with Crippen LogP contribution in [0, 0.1) is 5.92 Å². The van der Waals surface area contributed by atoms with Gasteiger partial charge in [0.1, 0.15) is 5.69 Å². The van der Waals surface area contributed by atoms with Crippen molar-refractivity contribution >= 4 is 23.2 Å². The summed E-state index contributed by atoms with van der Waals surface area (Å²) in [5.41, 5.74) is 9.06. The summed E-state index contributed by atoms with van der Waals surface area (Å²) in [6.07, 6.45) is 6.15. The molecule has 164 valence electrons. The van der Waals surface area contributed by atoms with Crippen molar-refractivity contribution in [2.45, 2.75) is 45.2 Å². The first-order valence-corrected chi connectivity index (χ1v) is 11.3. The average molecular weight is 423 g/mol. The van der Waals surface area contributed by atoms with Gasteiger partial charge in [0.2, 0.25) is 5.91 Å². The van der Waals surface area contributed by atoms with Crippen LogP contribution in [-0.2, 0) is 17.9 Å². The lowest BCUT2D eigenvalue weighted by Crippen LogP contribution is -2.39. The van der Waals surface area contributed by atoms with Crippen molar-refractivity contribution < 1.29 is 9.53 Å². The molecule has 1 saturated carbocycles. The molecule has 0 bridgehead atoms. The third-order valence-electron chi connectivity index (χ3n) is 6.22. The molecule has 2 aliphatic heterocycles. The second-order valence-corrected chi connectivity index (χ2v) is 8.88. The van der Waals surface area contributed by atoms with Crippen LogP contribution in [0.15, 0.2) is 24.3 Å². The first-order chi connectivity index (χ1) is 15.1. The Balaban J connectivity index is 1.33. The first-order valence-electron chi connectivity index (χ1n) is 11.3. The van der Waals surface area contributed by atoms with Crippen molar-refractivity contribution in [1.82, 2.24) is 14.9 Å². The summed E-state index contributed by atoms with van der Waals surface area (Å²) in [7, 11) is 0. The largest absolute Gasteiger partial charge is 0.463 e. The first kappa shape index (κ1) is 20.1. The molecular weight excluding hydrogens is 392 g/mol. The number of nitrogen functional groups attached to an aromatic ring is 1. The van der Waals surface area contributed by atoms with Crippen LogP contribution < -0.4 is 20.7 Å². The molecule has 3 heterocycles. The maximum Gasteiger partial charge on any atom is 0.320 e. The highest BCUT2D eigenvalue weighted by Crippen LogP contribution is 2.35. The Labute approximate surface area is 182 Å². The Hall–Kier alpha value is -2.87. The fraction of sp³-hybridized carbons (Fsp3) is 0.522. The molecule has 1 aliphatic carbocycles. The van der Waals surface area contributed by atoms with E-state index in [-0.39, 0.29) is 24.3 Å². The highest BCUT2D eigenvalue weighted by Gasteiger charge is 2.28. The van der Waals surface area contributed by atoms with Crippen LogP contribution in [0.1, 0.15) is 43.2 Å². The molecule has 1 aromatic heterocycles. The van der Waals surface area contributed by atoms with Gasteiger partial charge >= 0.3 is 6.01 Å². The molecule has 0 atom stereocenters. The number of rotatable bonds is 8. The number of aromatic nitrogens is 2. The molecule has 3 aliphatic rings. The summed E-state index contributed by atoms with van der Waals surface area (Å²) < 4.78 is 5.78. The Kier molecular flexibility index (Phi) is 5.63. The predicted octanol–water partition coefficient (Wildman–Crippen LogP) is 2.79. The molecule has 1 aromatic carbocycles. The summed E-state index contributed by atoms with van der Waals surface area (Å²) in [4.78, 5) is 25.6. The number of fused-ring (bicyclic) bond motifs is 1. The highest BCUT2D eigenvalue weighted by molar-refractivity contribution is 6.03. The van der Waals surface area contributed by atoms with Crippen LogP contribution >= 0.6 is 0 Å². The van der Waals surface area contributed by atoms with Gasteiger partial charge in [-0.1, -0.05) is 37.1 Å². The molecular formula is C23H30N6O2. The Bertz CT molecular complexity index is 955. The lowest BCUT2D eigenvalue weighted by atomic mass is 10.1. The molecule has 31 heavy (non-hydrogen) atoms. The van der Waals surface area contributed by atoms with Gasteiger partial charge in [-0.3, -0.25) is 9.69 Å². The number of nitrogens with one attached hydrogen (secondary N) is 1. The molecule has 0 spiro atoms. The zero-order chi connectivity index (χ0) is 21.2. The van der Waals surface area contributed by atoms with Crippen LogP contribution in [0.25, 0.3) is 0 Å². The number of likely N-dealkylation sites (tertiary alicyclic amines) is 1. The van der Waals surface area contributed by atoms with E-state index in [9.17, 15) is 4.79 Å². The van der Waals surface area contributed by atoms with E-state index in [0.29, 0.717) is 24.7 Å². The fourth-order valence-corrected chi connectivity index (χ4v) is 4.39. The van der Waals surface area contributed by atoms with E-state index in [4.69, 9.17) is 10.5 Å². The van der Waals surface area contributed by atoms with Gasteiger partial charge in [-0.15, -0.1) is 0 Å². The molecule has 5 rings (SSSR count). The van der Waals surface area contributed by atoms with Gasteiger partial charge < -0.3 is 20.7 Å². The van der Waals surface area contributed by atoms with E-state index >= 15 is 0 Å². The number of hydrogen-bond acceptors (Lipinski definition) is 7. The molecule has 0 radical (unpaired) electrons. The SMILES string of the molecule is Nc1nc(OCCC2CC2)nc2c1NC(=O)CN2Cc1cccc(CN2CCCC2)c1. The highest BCUT2D eigenvalue weighted by atomic mass is 16.5. The van der Waals surface area contributed by atoms with Gasteiger partial charge in [-0.25, -0.2) is 0 Å². The van der Waals surface area contributed by atoms with E-state index in [1.807, 2.05) is 4.90 Å². The number of amides is 1. The number of carbonyl (C=O) groups excluding carboxylic acids is 1. The number of nitrogens with two attached hydrogens (primary N) is 1. The van der Waals surface area contributed by atoms with Crippen LogP contribution in [-0.4, -0.2) is 47.0 Å².